The number of nitriles is 1. The van der Waals surface area contributed by atoms with Crippen molar-refractivity contribution in [1.29, 1.82) is 5.26 Å². The lowest BCUT2D eigenvalue weighted by Gasteiger charge is -2.14. The summed E-state index contributed by atoms with van der Waals surface area (Å²) in [6.45, 7) is 0. The van der Waals surface area contributed by atoms with Crippen LogP contribution in [0.2, 0.25) is 0 Å². The maximum Gasteiger partial charge on any atom is 0.416 e. The van der Waals surface area contributed by atoms with Gasteiger partial charge in [-0.1, -0.05) is 48.5 Å². The number of allylic oxidation sites excluding steroid dienone is 1. The average molecular weight is 629 g/mol. The quantitative estimate of drug-likeness (QED) is 0.125. The molecule has 0 amide bonds. The normalized spacial score (nSPS) is 13.1. The second kappa shape index (κ2) is 11.4. The van der Waals surface area contributed by atoms with Gasteiger partial charge in [-0.3, -0.25) is 0 Å². The van der Waals surface area contributed by atoms with Gasteiger partial charge in [0.2, 0.25) is 0 Å². The standard InChI is InChI=1S/C31H15F12N/c32-28(33,34)24-10-21(11-25(14-24)29(35,36)37)18-3-1-17(2-4-18)9-23(16-44)20-7-5-19(6-8-20)22-12-26(30(38,39)40)15-27(13-22)31(41,42)43/h1-15H. The molecule has 0 saturated heterocycles. The Kier molecular flexibility index (Phi) is 8.34. The molecule has 0 aliphatic rings. The largest absolute Gasteiger partial charge is 0.416 e. The molecule has 13 heteroatoms. The van der Waals surface area contributed by atoms with Crippen molar-refractivity contribution in [3.63, 3.8) is 0 Å². The van der Waals surface area contributed by atoms with Gasteiger partial charge in [0.1, 0.15) is 0 Å². The molecule has 4 aromatic carbocycles. The van der Waals surface area contributed by atoms with Crippen molar-refractivity contribution in [1.82, 2.24) is 0 Å². The van der Waals surface area contributed by atoms with Gasteiger partial charge in [-0.05, 0) is 75.9 Å². The fourth-order valence-corrected chi connectivity index (χ4v) is 4.20. The monoisotopic (exact) mass is 629 g/mol. The highest BCUT2D eigenvalue weighted by molar-refractivity contribution is 5.90. The molecule has 4 aromatic rings. The zero-order chi connectivity index (χ0) is 32.7. The molecule has 0 saturated carbocycles. The first kappa shape index (κ1) is 32.2. The minimum Gasteiger partial charge on any atom is -0.192 e. The zero-order valence-electron chi connectivity index (χ0n) is 21.6. The number of hydrogen-bond acceptors (Lipinski definition) is 1. The summed E-state index contributed by atoms with van der Waals surface area (Å²) in [5.74, 6) is 0. The van der Waals surface area contributed by atoms with Gasteiger partial charge in [0, 0.05) is 0 Å². The van der Waals surface area contributed by atoms with Gasteiger partial charge in [0.15, 0.2) is 0 Å². The predicted molar refractivity (Wildman–Crippen MR) is 137 cm³/mol. The van der Waals surface area contributed by atoms with Crippen molar-refractivity contribution in [3.05, 3.63) is 118 Å². The smallest absolute Gasteiger partial charge is 0.192 e. The van der Waals surface area contributed by atoms with Gasteiger partial charge in [-0.2, -0.15) is 57.9 Å². The molecule has 44 heavy (non-hydrogen) atoms. The van der Waals surface area contributed by atoms with Crippen molar-refractivity contribution in [3.8, 4) is 28.3 Å². The van der Waals surface area contributed by atoms with E-state index in [1.165, 1.54) is 54.6 Å². The number of halogens is 12. The van der Waals surface area contributed by atoms with Crippen LogP contribution in [0.15, 0.2) is 84.9 Å². The average Bonchev–Trinajstić information content (AvgIpc) is 2.94. The van der Waals surface area contributed by atoms with Crippen LogP contribution in [0.3, 0.4) is 0 Å². The Morgan fingerprint density at radius 3 is 1.07 bits per heavy atom. The zero-order valence-corrected chi connectivity index (χ0v) is 21.6. The van der Waals surface area contributed by atoms with E-state index < -0.39 is 47.0 Å². The lowest BCUT2D eigenvalue weighted by Crippen LogP contribution is -2.11. The summed E-state index contributed by atoms with van der Waals surface area (Å²) in [6, 6.07) is 14.4. The number of benzene rings is 4. The number of hydrogen-bond donors (Lipinski definition) is 0. The molecule has 0 radical (unpaired) electrons. The fraction of sp³-hybridized carbons (Fsp3) is 0.129. The molecule has 0 unspecified atom stereocenters. The Balaban J connectivity index is 1.65. The van der Waals surface area contributed by atoms with Gasteiger partial charge in [0.05, 0.1) is 33.9 Å². The molecule has 228 valence electrons. The van der Waals surface area contributed by atoms with Gasteiger partial charge in [0.25, 0.3) is 0 Å². The summed E-state index contributed by atoms with van der Waals surface area (Å²) in [5, 5.41) is 9.64. The van der Waals surface area contributed by atoms with Crippen molar-refractivity contribution >= 4 is 11.6 Å². The highest BCUT2D eigenvalue weighted by Gasteiger charge is 2.38. The Labute approximate surface area is 241 Å². The van der Waals surface area contributed by atoms with Crippen LogP contribution < -0.4 is 0 Å². The van der Waals surface area contributed by atoms with Crippen LogP contribution in [0.1, 0.15) is 33.4 Å². The van der Waals surface area contributed by atoms with Crippen LogP contribution in [0.25, 0.3) is 33.9 Å². The molecule has 0 N–H and O–H groups in total. The van der Waals surface area contributed by atoms with E-state index in [1.807, 2.05) is 6.07 Å². The Morgan fingerprint density at radius 1 is 0.455 bits per heavy atom. The lowest BCUT2D eigenvalue weighted by molar-refractivity contribution is -0.144. The molecule has 0 heterocycles. The van der Waals surface area contributed by atoms with E-state index in [1.54, 1.807) is 0 Å². The summed E-state index contributed by atoms with van der Waals surface area (Å²) in [7, 11) is 0. The highest BCUT2D eigenvalue weighted by Crippen LogP contribution is 2.40. The molecule has 0 aliphatic heterocycles. The Morgan fingerprint density at radius 2 is 0.773 bits per heavy atom. The third-order valence-corrected chi connectivity index (χ3v) is 6.38. The van der Waals surface area contributed by atoms with Crippen molar-refractivity contribution in [2.24, 2.45) is 0 Å². The SMILES string of the molecule is N#CC(=Cc1ccc(-c2cc(C(F)(F)F)cc(C(F)(F)F)c2)cc1)c1ccc(-c2cc(C(F)(F)F)cc(C(F)(F)F)c2)cc1. The van der Waals surface area contributed by atoms with E-state index in [2.05, 4.69) is 0 Å². The lowest BCUT2D eigenvalue weighted by atomic mass is 9.96. The minimum absolute atomic E-state index is 0.00192. The topological polar surface area (TPSA) is 23.8 Å². The highest BCUT2D eigenvalue weighted by atomic mass is 19.4. The van der Waals surface area contributed by atoms with Crippen molar-refractivity contribution < 1.29 is 52.7 Å². The first-order valence-electron chi connectivity index (χ1n) is 12.2. The molecular formula is C31H15F12N. The fourth-order valence-electron chi connectivity index (χ4n) is 4.20. The molecule has 0 bridgehead atoms. The molecule has 4 rings (SSSR count). The van der Waals surface area contributed by atoms with Crippen LogP contribution in [0.5, 0.6) is 0 Å². The molecule has 0 aromatic heterocycles. The summed E-state index contributed by atoms with van der Waals surface area (Å²) >= 11 is 0. The van der Waals surface area contributed by atoms with Crippen LogP contribution in [-0.4, -0.2) is 0 Å². The third-order valence-electron chi connectivity index (χ3n) is 6.38. The van der Waals surface area contributed by atoms with E-state index in [0.29, 0.717) is 29.8 Å². The van der Waals surface area contributed by atoms with Crippen molar-refractivity contribution in [2.45, 2.75) is 24.7 Å². The molecule has 0 atom stereocenters. The van der Waals surface area contributed by atoms with Gasteiger partial charge < -0.3 is 0 Å². The van der Waals surface area contributed by atoms with E-state index in [9.17, 15) is 57.9 Å². The summed E-state index contributed by atoms with van der Waals surface area (Å²) < 4.78 is 159. The molecule has 0 spiro atoms. The van der Waals surface area contributed by atoms with E-state index in [0.717, 1.165) is 0 Å². The van der Waals surface area contributed by atoms with Gasteiger partial charge in [-0.15, -0.1) is 0 Å². The Hall–Kier alpha value is -4.73. The predicted octanol–water partition coefficient (Wildman–Crippen LogP) is 11.2. The van der Waals surface area contributed by atoms with Crippen LogP contribution >= 0.6 is 0 Å². The van der Waals surface area contributed by atoms with Gasteiger partial charge in [-0.25, -0.2) is 0 Å². The van der Waals surface area contributed by atoms with Gasteiger partial charge >= 0.3 is 24.7 Å². The van der Waals surface area contributed by atoms with E-state index in [4.69, 9.17) is 0 Å². The van der Waals surface area contributed by atoms with E-state index in [-0.39, 0.29) is 45.5 Å². The maximum atomic E-state index is 13.2. The van der Waals surface area contributed by atoms with Crippen LogP contribution in [0, 0.1) is 11.3 Å². The third kappa shape index (κ3) is 7.42. The number of rotatable bonds is 4. The first-order valence-corrected chi connectivity index (χ1v) is 12.2. The van der Waals surface area contributed by atoms with Crippen molar-refractivity contribution in [2.75, 3.05) is 0 Å². The molecule has 1 nitrogen and oxygen atoms in total. The Bertz CT molecular complexity index is 1670. The molecular weight excluding hydrogens is 614 g/mol. The maximum absolute atomic E-state index is 13.2. The van der Waals surface area contributed by atoms with Crippen LogP contribution in [-0.2, 0) is 24.7 Å². The first-order chi connectivity index (χ1) is 20.3. The van der Waals surface area contributed by atoms with Crippen LogP contribution in [0.4, 0.5) is 52.7 Å². The number of nitrogens with zero attached hydrogens (tertiary/aromatic N) is 1. The molecule has 0 fully saturated rings. The minimum atomic E-state index is -5.04. The second-order valence-corrected chi connectivity index (χ2v) is 9.46. The second-order valence-electron chi connectivity index (χ2n) is 9.46. The summed E-state index contributed by atoms with van der Waals surface area (Å²) in [4.78, 5) is 0. The molecule has 0 aliphatic carbocycles. The van der Waals surface area contributed by atoms with E-state index >= 15 is 0 Å². The summed E-state index contributed by atoms with van der Waals surface area (Å²) in [6.07, 6.45) is -18.8. The summed E-state index contributed by atoms with van der Waals surface area (Å²) in [5.41, 5.74) is -6.07. The number of alkyl halides is 12.